The van der Waals surface area contributed by atoms with Gasteiger partial charge in [0.1, 0.15) is 5.82 Å². The van der Waals surface area contributed by atoms with Gasteiger partial charge in [-0.25, -0.2) is 13.2 Å². The summed E-state index contributed by atoms with van der Waals surface area (Å²) in [6, 6.07) is 1.04. The molecule has 0 aliphatic heterocycles. The number of anilines is 1. The first kappa shape index (κ1) is 11.6. The largest absolute Gasteiger partial charge is 0.312 e. The van der Waals surface area contributed by atoms with Crippen molar-refractivity contribution < 1.29 is 18.0 Å². The van der Waals surface area contributed by atoms with E-state index < -0.39 is 29.0 Å². The Hall–Kier alpha value is -1.48. The Morgan fingerprint density at radius 2 is 2.00 bits per heavy atom. The predicted octanol–water partition coefficient (Wildman–Crippen LogP) is 2.40. The lowest BCUT2D eigenvalue weighted by Gasteiger charge is -2.03. The van der Waals surface area contributed by atoms with Crippen LogP contribution in [-0.4, -0.2) is 5.91 Å². The first-order chi connectivity index (χ1) is 7.04. The first-order valence-electron chi connectivity index (χ1n) is 3.61. The van der Waals surface area contributed by atoms with Crippen LogP contribution < -0.4 is 5.32 Å². The summed E-state index contributed by atoms with van der Waals surface area (Å²) >= 11 is 2.65. The number of hydrogen-bond donors (Lipinski definition) is 1. The Morgan fingerprint density at radius 1 is 1.33 bits per heavy atom. The molecule has 6 heteroatoms. The van der Waals surface area contributed by atoms with Crippen LogP contribution in [0.4, 0.5) is 18.9 Å². The van der Waals surface area contributed by atoms with Gasteiger partial charge in [-0.15, -0.1) is 0 Å². The Bertz CT molecular complexity index is 464. The molecule has 1 rings (SSSR count). The topological polar surface area (TPSA) is 29.1 Å². The maximum Gasteiger partial charge on any atom is 0.301 e. The minimum absolute atomic E-state index is 0.376. The van der Waals surface area contributed by atoms with Gasteiger partial charge < -0.3 is 5.32 Å². The summed E-state index contributed by atoms with van der Waals surface area (Å²) in [5, 5.41) is 1.90. The molecule has 1 N–H and O–H groups in total. The lowest BCUT2D eigenvalue weighted by Crippen LogP contribution is -2.10. The van der Waals surface area contributed by atoms with Gasteiger partial charge in [-0.3, -0.25) is 4.79 Å². The van der Waals surface area contributed by atoms with Gasteiger partial charge in [0.05, 0.1) is 5.69 Å². The molecule has 0 radical (unpaired) electrons. The average Bonchev–Trinajstić information content (AvgIpc) is 2.13. The number of carbonyl (C=O) groups is 1. The summed E-state index contributed by atoms with van der Waals surface area (Å²) in [5.74, 6) is -2.61. The molecule has 0 unspecified atom stereocenters. The van der Waals surface area contributed by atoms with E-state index >= 15 is 0 Å². The fourth-order valence-corrected chi connectivity index (χ4v) is 1.02. The van der Waals surface area contributed by atoms with E-state index in [0.29, 0.717) is 12.1 Å². The van der Waals surface area contributed by atoms with Gasteiger partial charge >= 0.3 is 5.91 Å². The van der Waals surface area contributed by atoms with Crippen molar-refractivity contribution in [1.82, 2.24) is 0 Å². The summed E-state index contributed by atoms with van der Waals surface area (Å²) < 4.78 is 38.3. The number of nitrogens with one attached hydrogen (secondary N) is 1. The second-order valence-electron chi connectivity index (χ2n) is 2.42. The normalized spacial score (nSPS) is 9.07. The van der Waals surface area contributed by atoms with Crippen LogP contribution in [0, 0.1) is 28.2 Å². The van der Waals surface area contributed by atoms with Crippen LogP contribution in [-0.2, 0) is 4.79 Å². The minimum Gasteiger partial charge on any atom is -0.312 e. The lowest BCUT2D eigenvalue weighted by atomic mass is 10.3. The third kappa shape index (κ3) is 2.99. The number of benzene rings is 1. The van der Waals surface area contributed by atoms with Gasteiger partial charge in [0.2, 0.25) is 0 Å². The molecule has 0 aliphatic rings. The zero-order chi connectivity index (χ0) is 11.4. The molecule has 0 bridgehead atoms. The van der Waals surface area contributed by atoms with Crippen LogP contribution in [0.2, 0.25) is 0 Å². The van der Waals surface area contributed by atoms with Gasteiger partial charge in [-0.1, -0.05) is 0 Å². The van der Waals surface area contributed by atoms with Crippen molar-refractivity contribution in [3.05, 3.63) is 29.6 Å². The summed E-state index contributed by atoms with van der Waals surface area (Å²) in [6.45, 7) is 0. The molecule has 0 aromatic heterocycles. The maximum absolute atomic E-state index is 13.0. The summed E-state index contributed by atoms with van der Waals surface area (Å²) in [5.41, 5.74) is -0.590. The second kappa shape index (κ2) is 4.84. The molecule has 2 nitrogen and oxygen atoms in total. The van der Waals surface area contributed by atoms with Crippen LogP contribution in [0.15, 0.2) is 12.1 Å². The van der Waals surface area contributed by atoms with Gasteiger partial charge in [0, 0.05) is 34.0 Å². The zero-order valence-electron chi connectivity index (χ0n) is 7.07. The highest BCUT2D eigenvalue weighted by molar-refractivity contribution is 9.12. The van der Waals surface area contributed by atoms with Crippen molar-refractivity contribution in [3.63, 3.8) is 0 Å². The zero-order valence-corrected chi connectivity index (χ0v) is 8.66. The Balaban J connectivity index is 3.03. The van der Waals surface area contributed by atoms with E-state index in [4.69, 9.17) is 0 Å². The predicted molar refractivity (Wildman–Crippen MR) is 51.6 cm³/mol. The van der Waals surface area contributed by atoms with E-state index in [1.54, 1.807) is 0 Å². The maximum atomic E-state index is 13.0. The van der Waals surface area contributed by atoms with E-state index in [2.05, 4.69) is 20.8 Å². The Labute approximate surface area is 91.6 Å². The molecule has 78 valence electrons. The van der Waals surface area contributed by atoms with E-state index in [1.807, 2.05) is 11.2 Å². The molecule has 1 aromatic carbocycles. The molecule has 0 aliphatic carbocycles. The first-order valence-corrected chi connectivity index (χ1v) is 4.41. The Kier molecular flexibility index (Phi) is 3.74. The SMILES string of the molecule is O=C(C#CBr)Nc1cc(F)cc(F)c1F. The lowest BCUT2D eigenvalue weighted by molar-refractivity contribution is -0.111. The molecule has 0 fully saturated rings. The van der Waals surface area contributed by atoms with Crippen LogP contribution in [0.3, 0.4) is 0 Å². The average molecular weight is 278 g/mol. The van der Waals surface area contributed by atoms with Crippen LogP contribution in [0.1, 0.15) is 0 Å². The van der Waals surface area contributed by atoms with Crippen molar-refractivity contribution in [2.45, 2.75) is 0 Å². The number of halogens is 4. The molecular weight excluding hydrogens is 275 g/mol. The molecular formula is C9H3BrF3NO. The highest BCUT2D eigenvalue weighted by Gasteiger charge is 2.12. The van der Waals surface area contributed by atoms with Gasteiger partial charge in [0.15, 0.2) is 11.6 Å². The van der Waals surface area contributed by atoms with Gasteiger partial charge in [-0.2, -0.15) is 0 Å². The molecule has 0 heterocycles. The van der Waals surface area contributed by atoms with Crippen molar-refractivity contribution in [1.29, 1.82) is 0 Å². The molecule has 0 atom stereocenters. The Morgan fingerprint density at radius 3 is 2.60 bits per heavy atom. The fraction of sp³-hybridized carbons (Fsp3) is 0. The van der Waals surface area contributed by atoms with Crippen LogP contribution in [0.5, 0.6) is 0 Å². The highest BCUT2D eigenvalue weighted by atomic mass is 79.9. The minimum atomic E-state index is -1.38. The molecule has 0 saturated heterocycles. The molecule has 1 aromatic rings. The molecule has 0 spiro atoms. The van der Waals surface area contributed by atoms with E-state index in [1.165, 1.54) is 0 Å². The van der Waals surface area contributed by atoms with Crippen molar-refractivity contribution in [3.8, 4) is 10.8 Å². The summed E-state index contributed by atoms with van der Waals surface area (Å²) in [6.07, 6.45) is 0. The second-order valence-corrected chi connectivity index (χ2v) is 2.82. The third-order valence-corrected chi connectivity index (χ3v) is 1.60. The van der Waals surface area contributed by atoms with Crippen molar-refractivity contribution in [2.24, 2.45) is 0 Å². The van der Waals surface area contributed by atoms with Crippen molar-refractivity contribution >= 4 is 27.5 Å². The van der Waals surface area contributed by atoms with Crippen molar-refractivity contribution in [2.75, 3.05) is 5.32 Å². The van der Waals surface area contributed by atoms with Crippen LogP contribution in [0.25, 0.3) is 0 Å². The van der Waals surface area contributed by atoms with Crippen LogP contribution >= 0.6 is 15.9 Å². The van der Waals surface area contributed by atoms with E-state index in [9.17, 15) is 18.0 Å². The molecule has 0 saturated carbocycles. The quantitative estimate of drug-likeness (QED) is 0.620. The van der Waals surface area contributed by atoms with E-state index in [-0.39, 0.29) is 0 Å². The highest BCUT2D eigenvalue weighted by Crippen LogP contribution is 2.18. The number of rotatable bonds is 1. The fourth-order valence-electron chi connectivity index (χ4n) is 0.843. The summed E-state index contributed by atoms with van der Waals surface area (Å²) in [7, 11) is 0. The van der Waals surface area contributed by atoms with Gasteiger partial charge in [0.25, 0.3) is 0 Å². The number of hydrogen-bond acceptors (Lipinski definition) is 1. The monoisotopic (exact) mass is 277 g/mol. The third-order valence-electron chi connectivity index (χ3n) is 1.40. The van der Waals surface area contributed by atoms with E-state index in [0.717, 1.165) is 0 Å². The smallest absolute Gasteiger partial charge is 0.301 e. The molecule has 15 heavy (non-hydrogen) atoms. The number of amides is 1. The molecule has 1 amide bonds. The summed E-state index contributed by atoms with van der Waals surface area (Å²) in [4.78, 5) is 12.9. The number of carbonyl (C=O) groups excluding carboxylic acids is 1. The standard InChI is InChI=1S/C9H3BrF3NO/c10-2-1-8(15)14-7-4-5(11)3-6(12)9(7)13/h3-4H,(H,14,15). The van der Waals surface area contributed by atoms with Gasteiger partial charge in [-0.05, 0) is 4.83 Å².